The third-order valence-electron chi connectivity index (χ3n) is 3.90. The second-order valence-corrected chi connectivity index (χ2v) is 6.71. The summed E-state index contributed by atoms with van der Waals surface area (Å²) in [4.78, 5) is 20.0. The molecule has 1 aromatic carbocycles. The van der Waals surface area contributed by atoms with Gasteiger partial charge in [-0.05, 0) is 72.1 Å². The number of aromatic amines is 1. The molecule has 0 saturated heterocycles. The smallest absolute Gasteiger partial charge is 0.273 e. The van der Waals surface area contributed by atoms with Gasteiger partial charge in [0.15, 0.2) is 0 Å². The Morgan fingerprint density at radius 1 is 1.22 bits per heavy atom. The third-order valence-corrected chi connectivity index (χ3v) is 5.31. The van der Waals surface area contributed by atoms with Gasteiger partial charge >= 0.3 is 0 Å². The number of rotatable bonds is 2. The number of hydrogen-bond acceptors (Lipinski definition) is 2. The standard InChI is InChI=1S/C17H15BrClN3O/c1-8-9(2)16(20-10(3)15(8)18)22-17(23)14-7-11-6-12(19)4-5-13(11)21-14/h4-7,21H,1-3H3,(H,20,22,23). The third kappa shape index (κ3) is 2.99. The van der Waals surface area contributed by atoms with E-state index in [2.05, 4.69) is 31.2 Å². The lowest BCUT2D eigenvalue weighted by Gasteiger charge is -2.12. The predicted octanol–water partition coefficient (Wildman–Crippen LogP) is 5.16. The lowest BCUT2D eigenvalue weighted by atomic mass is 10.1. The lowest BCUT2D eigenvalue weighted by Crippen LogP contribution is -2.15. The first-order valence-electron chi connectivity index (χ1n) is 7.09. The van der Waals surface area contributed by atoms with Crippen molar-refractivity contribution in [3.05, 3.63) is 56.3 Å². The Morgan fingerprint density at radius 3 is 2.70 bits per heavy atom. The van der Waals surface area contributed by atoms with Gasteiger partial charge in [0.25, 0.3) is 5.91 Å². The van der Waals surface area contributed by atoms with E-state index >= 15 is 0 Å². The first-order chi connectivity index (χ1) is 10.9. The van der Waals surface area contributed by atoms with E-state index in [1.54, 1.807) is 12.1 Å². The molecule has 2 heterocycles. The Labute approximate surface area is 147 Å². The number of hydrogen-bond donors (Lipinski definition) is 2. The minimum atomic E-state index is -0.228. The summed E-state index contributed by atoms with van der Waals surface area (Å²) in [7, 11) is 0. The van der Waals surface area contributed by atoms with Gasteiger partial charge in [-0.15, -0.1) is 0 Å². The van der Waals surface area contributed by atoms with Crippen LogP contribution in [0.25, 0.3) is 10.9 Å². The van der Waals surface area contributed by atoms with Crippen LogP contribution in [0.15, 0.2) is 28.7 Å². The summed E-state index contributed by atoms with van der Waals surface area (Å²) in [5.41, 5.74) is 4.19. The van der Waals surface area contributed by atoms with Crippen LogP contribution in [0.4, 0.5) is 5.82 Å². The fourth-order valence-electron chi connectivity index (χ4n) is 2.44. The Kier molecular flexibility index (Phi) is 4.17. The van der Waals surface area contributed by atoms with Crippen molar-refractivity contribution in [3.8, 4) is 0 Å². The topological polar surface area (TPSA) is 57.8 Å². The molecule has 0 bridgehead atoms. The first-order valence-corrected chi connectivity index (χ1v) is 8.27. The van der Waals surface area contributed by atoms with Crippen LogP contribution in [-0.4, -0.2) is 15.9 Å². The fraction of sp³-hybridized carbons (Fsp3) is 0.176. The van der Waals surface area contributed by atoms with Gasteiger partial charge in [0.1, 0.15) is 11.5 Å². The Hall–Kier alpha value is -1.85. The van der Waals surface area contributed by atoms with Gasteiger partial charge in [0.05, 0.1) is 5.69 Å². The van der Waals surface area contributed by atoms with Crippen LogP contribution in [0, 0.1) is 20.8 Å². The molecule has 118 valence electrons. The average molecular weight is 393 g/mol. The molecule has 0 aliphatic carbocycles. The number of carbonyl (C=O) groups is 1. The second kappa shape index (κ2) is 5.98. The van der Waals surface area contributed by atoms with Crippen LogP contribution in [-0.2, 0) is 0 Å². The number of amides is 1. The zero-order valence-corrected chi connectivity index (χ0v) is 15.3. The van der Waals surface area contributed by atoms with E-state index in [0.717, 1.165) is 32.2 Å². The number of aryl methyl sites for hydroxylation is 1. The van der Waals surface area contributed by atoms with Crippen LogP contribution in [0.5, 0.6) is 0 Å². The number of nitrogens with one attached hydrogen (secondary N) is 2. The first kappa shape index (κ1) is 16.0. The molecule has 1 amide bonds. The van der Waals surface area contributed by atoms with E-state index in [0.29, 0.717) is 16.5 Å². The number of nitrogens with zero attached hydrogens (tertiary/aromatic N) is 1. The summed E-state index contributed by atoms with van der Waals surface area (Å²) < 4.78 is 0.966. The molecule has 0 aliphatic rings. The molecule has 2 N–H and O–H groups in total. The lowest BCUT2D eigenvalue weighted by molar-refractivity contribution is 0.102. The molecule has 23 heavy (non-hydrogen) atoms. The van der Waals surface area contributed by atoms with Gasteiger partial charge in [-0.1, -0.05) is 11.6 Å². The van der Waals surface area contributed by atoms with Gasteiger partial charge in [-0.25, -0.2) is 4.98 Å². The molecule has 2 aromatic heterocycles. The molecular weight excluding hydrogens is 378 g/mol. The minimum Gasteiger partial charge on any atom is -0.351 e. The SMILES string of the molecule is Cc1nc(NC(=O)c2cc3cc(Cl)ccc3[nH]2)c(C)c(C)c1Br. The van der Waals surface area contributed by atoms with E-state index < -0.39 is 0 Å². The maximum absolute atomic E-state index is 12.5. The van der Waals surface area contributed by atoms with Crippen molar-refractivity contribution in [1.82, 2.24) is 9.97 Å². The minimum absolute atomic E-state index is 0.228. The number of pyridine rings is 1. The number of H-pyrrole nitrogens is 1. The van der Waals surface area contributed by atoms with Crippen molar-refractivity contribution in [2.75, 3.05) is 5.32 Å². The summed E-state index contributed by atoms with van der Waals surface area (Å²) in [6.45, 7) is 5.83. The average Bonchev–Trinajstić information content (AvgIpc) is 2.93. The van der Waals surface area contributed by atoms with Crippen LogP contribution in [0.2, 0.25) is 5.02 Å². The van der Waals surface area contributed by atoms with Crippen LogP contribution in [0.1, 0.15) is 27.3 Å². The summed E-state index contributed by atoms with van der Waals surface area (Å²) in [5.74, 6) is 0.346. The Bertz CT molecular complexity index is 933. The van der Waals surface area contributed by atoms with Gasteiger partial charge in [-0.3, -0.25) is 4.79 Å². The summed E-state index contributed by atoms with van der Waals surface area (Å²) in [5, 5.41) is 4.41. The number of benzene rings is 1. The fourth-order valence-corrected chi connectivity index (χ4v) is 3.00. The molecule has 0 saturated carbocycles. The highest BCUT2D eigenvalue weighted by Gasteiger charge is 2.15. The molecule has 3 aromatic rings. The van der Waals surface area contributed by atoms with E-state index in [-0.39, 0.29) is 5.91 Å². The van der Waals surface area contributed by atoms with Crippen molar-refractivity contribution in [2.45, 2.75) is 20.8 Å². The van der Waals surface area contributed by atoms with E-state index in [4.69, 9.17) is 11.6 Å². The van der Waals surface area contributed by atoms with Crippen LogP contribution < -0.4 is 5.32 Å². The number of halogens is 2. The highest BCUT2D eigenvalue weighted by molar-refractivity contribution is 9.10. The number of aromatic nitrogens is 2. The predicted molar refractivity (Wildman–Crippen MR) is 97.4 cm³/mol. The van der Waals surface area contributed by atoms with Gasteiger partial charge < -0.3 is 10.3 Å². The largest absolute Gasteiger partial charge is 0.351 e. The summed E-state index contributed by atoms with van der Waals surface area (Å²) in [6.07, 6.45) is 0. The van der Waals surface area contributed by atoms with Crippen LogP contribution in [0.3, 0.4) is 0 Å². The van der Waals surface area contributed by atoms with E-state index in [1.807, 2.05) is 32.9 Å². The summed E-state index contributed by atoms with van der Waals surface area (Å²) in [6, 6.07) is 7.24. The molecule has 0 radical (unpaired) electrons. The van der Waals surface area contributed by atoms with E-state index in [1.165, 1.54) is 0 Å². The van der Waals surface area contributed by atoms with Gasteiger partial charge in [-0.2, -0.15) is 0 Å². The second-order valence-electron chi connectivity index (χ2n) is 5.48. The van der Waals surface area contributed by atoms with Crippen LogP contribution >= 0.6 is 27.5 Å². The molecule has 0 spiro atoms. The highest BCUT2D eigenvalue weighted by Crippen LogP contribution is 2.27. The molecule has 0 atom stereocenters. The van der Waals surface area contributed by atoms with Crippen molar-refractivity contribution in [1.29, 1.82) is 0 Å². The molecule has 3 rings (SSSR count). The Morgan fingerprint density at radius 2 is 1.96 bits per heavy atom. The highest BCUT2D eigenvalue weighted by atomic mass is 79.9. The maximum atomic E-state index is 12.5. The monoisotopic (exact) mass is 391 g/mol. The van der Waals surface area contributed by atoms with Gasteiger partial charge in [0, 0.05) is 20.4 Å². The van der Waals surface area contributed by atoms with Crippen molar-refractivity contribution >= 4 is 50.2 Å². The zero-order chi connectivity index (χ0) is 16.7. The molecule has 0 aliphatic heterocycles. The molecule has 0 fully saturated rings. The number of fused-ring (bicyclic) bond motifs is 1. The van der Waals surface area contributed by atoms with Gasteiger partial charge in [0.2, 0.25) is 0 Å². The Balaban J connectivity index is 1.95. The molecule has 0 unspecified atom stereocenters. The maximum Gasteiger partial charge on any atom is 0.273 e. The van der Waals surface area contributed by atoms with Crippen molar-refractivity contribution in [2.24, 2.45) is 0 Å². The van der Waals surface area contributed by atoms with Crippen molar-refractivity contribution < 1.29 is 4.79 Å². The normalized spacial score (nSPS) is 11.0. The molecular formula is C17H15BrClN3O. The number of carbonyl (C=O) groups excluding carboxylic acids is 1. The summed E-state index contributed by atoms with van der Waals surface area (Å²) >= 11 is 9.49. The zero-order valence-electron chi connectivity index (χ0n) is 12.9. The molecule has 4 nitrogen and oxygen atoms in total. The molecule has 6 heteroatoms. The van der Waals surface area contributed by atoms with Crippen molar-refractivity contribution in [3.63, 3.8) is 0 Å². The van der Waals surface area contributed by atoms with E-state index in [9.17, 15) is 4.79 Å². The number of anilines is 1. The quantitative estimate of drug-likeness (QED) is 0.633.